The maximum absolute atomic E-state index is 12.8. The summed E-state index contributed by atoms with van der Waals surface area (Å²) in [6.07, 6.45) is 1.78. The number of thiophene rings is 1. The number of halogens is 1. The van der Waals surface area contributed by atoms with Crippen LogP contribution in [0.25, 0.3) is 0 Å². The quantitative estimate of drug-likeness (QED) is 0.328. The summed E-state index contributed by atoms with van der Waals surface area (Å²) >= 11 is 1.53. The summed E-state index contributed by atoms with van der Waals surface area (Å²) in [6.45, 7) is 6.15. The lowest BCUT2D eigenvalue weighted by Gasteiger charge is -2.20. The van der Waals surface area contributed by atoms with Gasteiger partial charge in [0.25, 0.3) is 0 Å². The predicted molar refractivity (Wildman–Crippen MR) is 109 cm³/mol. The van der Waals surface area contributed by atoms with E-state index in [0.29, 0.717) is 18.3 Å². The third kappa shape index (κ3) is 7.56. The zero-order chi connectivity index (χ0) is 19.5. The molecule has 0 amide bonds. The summed E-state index contributed by atoms with van der Waals surface area (Å²) in [5.41, 5.74) is -0.973. The molecule has 1 aromatic carbocycles. The first-order valence-corrected chi connectivity index (χ1v) is 10.1. The minimum absolute atomic E-state index is 0.264. The van der Waals surface area contributed by atoms with Crippen molar-refractivity contribution >= 4 is 17.3 Å². The molecule has 2 aromatic rings. The first kappa shape index (κ1) is 21.2. The van der Waals surface area contributed by atoms with E-state index in [2.05, 4.69) is 15.6 Å². The van der Waals surface area contributed by atoms with Crippen LogP contribution in [-0.2, 0) is 5.60 Å². The van der Waals surface area contributed by atoms with Crippen LogP contribution in [-0.4, -0.2) is 37.3 Å². The highest BCUT2D eigenvalue weighted by atomic mass is 32.1. The summed E-state index contributed by atoms with van der Waals surface area (Å²) in [5, 5.41) is 19.0. The Balaban J connectivity index is 1.70. The van der Waals surface area contributed by atoms with Crippen LogP contribution in [0, 0.1) is 5.82 Å². The first-order valence-electron chi connectivity index (χ1n) is 9.18. The van der Waals surface area contributed by atoms with Gasteiger partial charge >= 0.3 is 0 Å². The molecule has 27 heavy (non-hydrogen) atoms. The molecule has 0 fully saturated rings. The molecule has 1 atom stereocenters. The van der Waals surface area contributed by atoms with Crippen molar-refractivity contribution < 1.29 is 14.2 Å². The van der Waals surface area contributed by atoms with E-state index < -0.39 is 5.60 Å². The number of nitrogens with zero attached hydrogens (tertiary/aromatic N) is 1. The van der Waals surface area contributed by atoms with Crippen molar-refractivity contribution in [1.29, 1.82) is 0 Å². The molecule has 0 aliphatic carbocycles. The molecule has 2 rings (SSSR count). The molecule has 7 heteroatoms. The standard InChI is InChI=1S/C20H28FN3O2S/c1-3-22-19(24-15-20(2,25)18-7-6-14-27-18)23-12-4-5-13-26-17-10-8-16(21)9-11-17/h6-11,14,25H,3-5,12-13,15H2,1-2H3,(H2,22,23,24). The zero-order valence-electron chi connectivity index (χ0n) is 15.9. The molecule has 1 aromatic heterocycles. The molecule has 5 nitrogen and oxygen atoms in total. The molecular formula is C20H28FN3O2S. The lowest BCUT2D eigenvalue weighted by Crippen LogP contribution is -2.39. The normalized spacial score (nSPS) is 13.9. The second kappa shape index (κ2) is 10.9. The summed E-state index contributed by atoms with van der Waals surface area (Å²) in [5.74, 6) is 1.10. The minimum atomic E-state index is -0.973. The molecule has 0 aliphatic heterocycles. The third-order valence-electron chi connectivity index (χ3n) is 3.89. The highest BCUT2D eigenvalue weighted by Crippen LogP contribution is 2.25. The van der Waals surface area contributed by atoms with Gasteiger partial charge in [0.05, 0.1) is 13.2 Å². The number of hydrogen-bond acceptors (Lipinski definition) is 4. The zero-order valence-corrected chi connectivity index (χ0v) is 16.7. The average molecular weight is 394 g/mol. The Labute approximate surface area is 164 Å². The van der Waals surface area contributed by atoms with Gasteiger partial charge in [-0.3, -0.25) is 0 Å². The van der Waals surface area contributed by atoms with Crippen molar-refractivity contribution in [2.45, 2.75) is 32.3 Å². The Kier molecular flexibility index (Phi) is 8.54. The van der Waals surface area contributed by atoms with Crippen molar-refractivity contribution in [3.63, 3.8) is 0 Å². The molecule has 3 N–H and O–H groups in total. The van der Waals surface area contributed by atoms with Crippen molar-refractivity contribution in [3.05, 3.63) is 52.5 Å². The van der Waals surface area contributed by atoms with Crippen LogP contribution in [0.3, 0.4) is 0 Å². The highest BCUT2D eigenvalue weighted by molar-refractivity contribution is 7.10. The largest absolute Gasteiger partial charge is 0.494 e. The number of nitrogens with one attached hydrogen (secondary N) is 2. The van der Waals surface area contributed by atoms with Crippen molar-refractivity contribution in [3.8, 4) is 5.75 Å². The molecule has 1 heterocycles. The number of hydrogen-bond donors (Lipinski definition) is 3. The van der Waals surface area contributed by atoms with Gasteiger partial charge in [-0.25, -0.2) is 9.38 Å². The van der Waals surface area contributed by atoms with E-state index in [-0.39, 0.29) is 12.4 Å². The van der Waals surface area contributed by atoms with Gasteiger partial charge in [-0.05, 0) is 62.4 Å². The summed E-state index contributed by atoms with van der Waals surface area (Å²) < 4.78 is 18.4. The van der Waals surface area contributed by atoms with Gasteiger partial charge < -0.3 is 20.5 Å². The number of guanidine groups is 1. The summed E-state index contributed by atoms with van der Waals surface area (Å²) in [6, 6.07) is 9.88. The number of unbranched alkanes of at least 4 members (excludes halogenated alkanes) is 1. The second-order valence-corrected chi connectivity index (χ2v) is 7.33. The number of benzene rings is 1. The average Bonchev–Trinajstić information content (AvgIpc) is 3.20. The minimum Gasteiger partial charge on any atom is -0.494 e. The fourth-order valence-corrected chi connectivity index (χ4v) is 3.17. The van der Waals surface area contributed by atoms with Crippen molar-refractivity contribution in [2.24, 2.45) is 4.99 Å². The van der Waals surface area contributed by atoms with Gasteiger partial charge in [-0.1, -0.05) is 6.07 Å². The number of rotatable bonds is 10. The summed E-state index contributed by atoms with van der Waals surface area (Å²) in [4.78, 5) is 5.40. The fraction of sp³-hybridized carbons (Fsp3) is 0.450. The van der Waals surface area contributed by atoms with E-state index in [9.17, 15) is 9.50 Å². The summed E-state index contributed by atoms with van der Waals surface area (Å²) in [7, 11) is 0. The molecule has 0 aliphatic rings. The molecule has 148 valence electrons. The second-order valence-electron chi connectivity index (χ2n) is 6.38. The maximum Gasteiger partial charge on any atom is 0.191 e. The van der Waals surface area contributed by atoms with Crippen LogP contribution in [0.2, 0.25) is 0 Å². The van der Waals surface area contributed by atoms with Gasteiger partial charge in [0.1, 0.15) is 17.2 Å². The van der Waals surface area contributed by atoms with Gasteiger partial charge in [0, 0.05) is 18.0 Å². The van der Waals surface area contributed by atoms with Crippen LogP contribution >= 0.6 is 11.3 Å². The Morgan fingerprint density at radius 3 is 2.67 bits per heavy atom. The van der Waals surface area contributed by atoms with E-state index in [4.69, 9.17) is 4.74 Å². The van der Waals surface area contributed by atoms with E-state index in [1.54, 1.807) is 19.1 Å². The van der Waals surface area contributed by atoms with E-state index in [0.717, 1.165) is 30.8 Å². The Bertz CT molecular complexity index is 688. The molecule has 0 spiro atoms. The van der Waals surface area contributed by atoms with Crippen LogP contribution < -0.4 is 15.4 Å². The fourth-order valence-electron chi connectivity index (χ4n) is 2.39. The smallest absolute Gasteiger partial charge is 0.191 e. The molecular weight excluding hydrogens is 365 g/mol. The predicted octanol–water partition coefficient (Wildman–Crippen LogP) is 3.51. The first-order chi connectivity index (χ1) is 13.0. The molecule has 0 bridgehead atoms. The topological polar surface area (TPSA) is 65.9 Å². The van der Waals surface area contributed by atoms with Gasteiger partial charge in [-0.2, -0.15) is 0 Å². The van der Waals surface area contributed by atoms with Crippen molar-refractivity contribution in [1.82, 2.24) is 10.6 Å². The lowest BCUT2D eigenvalue weighted by atomic mass is 10.1. The number of ether oxygens (including phenoxy) is 1. The van der Waals surface area contributed by atoms with E-state index >= 15 is 0 Å². The molecule has 0 radical (unpaired) electrons. The number of aliphatic hydroxyl groups is 1. The van der Waals surface area contributed by atoms with Crippen molar-refractivity contribution in [2.75, 3.05) is 26.2 Å². The lowest BCUT2D eigenvalue weighted by molar-refractivity contribution is 0.0711. The van der Waals surface area contributed by atoms with Crippen LogP contribution in [0.15, 0.2) is 46.8 Å². The molecule has 0 saturated heterocycles. The Morgan fingerprint density at radius 1 is 1.22 bits per heavy atom. The maximum atomic E-state index is 12.8. The number of aliphatic imine (C=N–C) groups is 1. The van der Waals surface area contributed by atoms with E-state index in [1.807, 2.05) is 24.4 Å². The van der Waals surface area contributed by atoms with Gasteiger partial charge in [0.2, 0.25) is 0 Å². The van der Waals surface area contributed by atoms with E-state index in [1.165, 1.54) is 23.5 Å². The van der Waals surface area contributed by atoms with Gasteiger partial charge in [0.15, 0.2) is 5.96 Å². The monoisotopic (exact) mass is 393 g/mol. The molecule has 0 saturated carbocycles. The Morgan fingerprint density at radius 2 is 2.00 bits per heavy atom. The Hall–Kier alpha value is -2.12. The molecule has 1 unspecified atom stereocenters. The SMILES string of the molecule is CCNC(=NCC(C)(O)c1cccs1)NCCCCOc1ccc(F)cc1. The van der Waals surface area contributed by atoms with Gasteiger partial charge in [-0.15, -0.1) is 11.3 Å². The van der Waals surface area contributed by atoms with Crippen LogP contribution in [0.5, 0.6) is 5.75 Å². The highest BCUT2D eigenvalue weighted by Gasteiger charge is 2.23. The van der Waals surface area contributed by atoms with Crippen LogP contribution in [0.1, 0.15) is 31.6 Å². The third-order valence-corrected chi connectivity index (χ3v) is 5.01. The van der Waals surface area contributed by atoms with Crippen LogP contribution in [0.4, 0.5) is 4.39 Å².